The number of anilines is 1. The Labute approximate surface area is 128 Å². The van der Waals surface area contributed by atoms with Gasteiger partial charge in [-0.15, -0.1) is 0 Å². The molecule has 0 atom stereocenters. The van der Waals surface area contributed by atoms with Gasteiger partial charge in [0.05, 0.1) is 17.2 Å². The fourth-order valence-corrected chi connectivity index (χ4v) is 2.95. The molecule has 1 saturated carbocycles. The first-order chi connectivity index (χ1) is 9.88. The van der Waals surface area contributed by atoms with Crippen LogP contribution in [-0.2, 0) is 4.79 Å². The van der Waals surface area contributed by atoms with Gasteiger partial charge in [-0.3, -0.25) is 9.69 Å². The molecular formula is C15H20ClFN2O2. The van der Waals surface area contributed by atoms with Crippen LogP contribution in [-0.4, -0.2) is 41.7 Å². The van der Waals surface area contributed by atoms with Crippen LogP contribution >= 0.6 is 11.6 Å². The van der Waals surface area contributed by atoms with E-state index in [0.29, 0.717) is 12.2 Å². The number of nitrogens with zero attached hydrogens (tertiary/aromatic N) is 1. The molecule has 0 radical (unpaired) electrons. The number of nitrogens with one attached hydrogen (secondary N) is 1. The molecule has 0 bridgehead atoms. The summed E-state index contributed by atoms with van der Waals surface area (Å²) in [6.45, 7) is 0.641. The normalized spacial score (nSPS) is 17.2. The predicted octanol–water partition coefficient (Wildman–Crippen LogP) is 2.65. The molecule has 1 fully saturated rings. The number of carbonyl (C=O) groups is 1. The van der Waals surface area contributed by atoms with Gasteiger partial charge in [-0.05, 0) is 38.1 Å². The van der Waals surface area contributed by atoms with E-state index < -0.39 is 11.4 Å². The Hall–Kier alpha value is -1.17. The van der Waals surface area contributed by atoms with Crippen LogP contribution in [0.3, 0.4) is 0 Å². The maximum absolute atomic E-state index is 13.0. The van der Waals surface area contributed by atoms with Crippen LogP contribution in [0.4, 0.5) is 10.1 Å². The van der Waals surface area contributed by atoms with Crippen molar-refractivity contribution in [1.82, 2.24) is 4.90 Å². The third kappa shape index (κ3) is 4.66. The smallest absolute Gasteiger partial charge is 0.238 e. The summed E-state index contributed by atoms with van der Waals surface area (Å²) in [4.78, 5) is 13.7. The molecule has 2 N–H and O–H groups in total. The lowest BCUT2D eigenvalue weighted by Gasteiger charge is -2.28. The Morgan fingerprint density at radius 1 is 1.48 bits per heavy atom. The van der Waals surface area contributed by atoms with Gasteiger partial charge in [-0.1, -0.05) is 24.4 Å². The number of likely N-dealkylation sites (N-methyl/N-ethyl adjacent to an activating group) is 1. The quantitative estimate of drug-likeness (QED) is 0.878. The Kier molecular flexibility index (Phi) is 5.19. The van der Waals surface area contributed by atoms with Crippen molar-refractivity contribution in [3.05, 3.63) is 29.0 Å². The summed E-state index contributed by atoms with van der Waals surface area (Å²) < 4.78 is 13.0. The number of aliphatic hydroxyl groups is 1. The maximum Gasteiger partial charge on any atom is 0.238 e. The minimum Gasteiger partial charge on any atom is -0.389 e. The molecule has 1 aromatic carbocycles. The third-order valence-electron chi connectivity index (χ3n) is 3.72. The molecule has 116 valence electrons. The number of rotatable bonds is 5. The second-order valence-corrected chi connectivity index (χ2v) is 6.19. The van der Waals surface area contributed by atoms with E-state index in [2.05, 4.69) is 5.32 Å². The first-order valence-electron chi connectivity index (χ1n) is 7.04. The van der Waals surface area contributed by atoms with Gasteiger partial charge < -0.3 is 10.4 Å². The molecule has 4 nitrogen and oxygen atoms in total. The van der Waals surface area contributed by atoms with Gasteiger partial charge in [0.2, 0.25) is 5.91 Å². The van der Waals surface area contributed by atoms with Crippen molar-refractivity contribution in [3.8, 4) is 0 Å². The summed E-state index contributed by atoms with van der Waals surface area (Å²) >= 11 is 5.66. The van der Waals surface area contributed by atoms with E-state index in [-0.39, 0.29) is 17.5 Å². The first-order valence-corrected chi connectivity index (χ1v) is 7.42. The maximum atomic E-state index is 13.0. The Morgan fingerprint density at radius 2 is 2.14 bits per heavy atom. The largest absolute Gasteiger partial charge is 0.389 e. The zero-order valence-electron chi connectivity index (χ0n) is 12.0. The molecule has 0 aromatic heterocycles. The summed E-state index contributed by atoms with van der Waals surface area (Å²) in [5, 5.41) is 12.9. The lowest BCUT2D eigenvalue weighted by atomic mass is 10.0. The van der Waals surface area contributed by atoms with E-state index in [0.717, 1.165) is 25.7 Å². The van der Waals surface area contributed by atoms with Crippen molar-refractivity contribution < 1.29 is 14.3 Å². The van der Waals surface area contributed by atoms with E-state index in [9.17, 15) is 14.3 Å². The number of carbonyl (C=O) groups excluding carboxylic acids is 1. The molecule has 1 aromatic rings. The second kappa shape index (κ2) is 6.73. The highest BCUT2D eigenvalue weighted by Gasteiger charge is 2.32. The Morgan fingerprint density at radius 3 is 2.76 bits per heavy atom. The summed E-state index contributed by atoms with van der Waals surface area (Å²) in [5.41, 5.74) is -0.215. The van der Waals surface area contributed by atoms with Crippen LogP contribution in [0, 0.1) is 5.82 Å². The third-order valence-corrected chi connectivity index (χ3v) is 4.01. The second-order valence-electron chi connectivity index (χ2n) is 5.78. The molecule has 1 aliphatic carbocycles. The minimum absolute atomic E-state index is 0.0265. The molecular weight excluding hydrogens is 295 g/mol. The van der Waals surface area contributed by atoms with Crippen molar-refractivity contribution >= 4 is 23.2 Å². The molecule has 0 spiro atoms. The van der Waals surface area contributed by atoms with E-state index >= 15 is 0 Å². The average Bonchev–Trinajstić information content (AvgIpc) is 2.79. The van der Waals surface area contributed by atoms with Crippen LogP contribution in [0.2, 0.25) is 5.02 Å². The number of amides is 1. The summed E-state index contributed by atoms with van der Waals surface area (Å²) in [5.74, 6) is -0.739. The monoisotopic (exact) mass is 314 g/mol. The highest BCUT2D eigenvalue weighted by atomic mass is 35.5. The zero-order valence-corrected chi connectivity index (χ0v) is 12.8. The molecule has 21 heavy (non-hydrogen) atoms. The van der Waals surface area contributed by atoms with Crippen molar-refractivity contribution in [2.24, 2.45) is 0 Å². The highest BCUT2D eigenvalue weighted by Crippen LogP contribution is 2.29. The van der Waals surface area contributed by atoms with E-state index in [1.54, 1.807) is 11.9 Å². The number of hydrogen-bond acceptors (Lipinski definition) is 3. The van der Waals surface area contributed by atoms with Crippen LogP contribution < -0.4 is 5.32 Å². The standard InChI is InChI=1S/C15H20ClFN2O2/c1-19(10-15(21)6-2-3-7-15)9-14(20)18-11-4-5-13(17)12(16)8-11/h4-5,8,21H,2-3,6-7,9-10H2,1H3,(H,18,20). The van der Waals surface area contributed by atoms with Gasteiger partial charge in [-0.2, -0.15) is 0 Å². The van der Waals surface area contributed by atoms with Crippen molar-refractivity contribution in [1.29, 1.82) is 0 Å². The molecule has 1 aliphatic rings. The Balaban J connectivity index is 1.84. The van der Waals surface area contributed by atoms with Gasteiger partial charge in [0, 0.05) is 12.2 Å². The summed E-state index contributed by atoms with van der Waals surface area (Å²) in [6.07, 6.45) is 3.63. The summed E-state index contributed by atoms with van der Waals surface area (Å²) in [6, 6.07) is 4.05. The van der Waals surface area contributed by atoms with E-state index in [1.165, 1.54) is 18.2 Å². The summed E-state index contributed by atoms with van der Waals surface area (Å²) in [7, 11) is 1.80. The number of hydrogen-bond donors (Lipinski definition) is 2. The predicted molar refractivity (Wildman–Crippen MR) is 81.0 cm³/mol. The molecule has 0 saturated heterocycles. The Bertz CT molecular complexity index is 518. The molecule has 0 heterocycles. The van der Waals surface area contributed by atoms with Gasteiger partial charge in [0.15, 0.2) is 0 Å². The van der Waals surface area contributed by atoms with Crippen LogP contribution in [0.25, 0.3) is 0 Å². The molecule has 1 amide bonds. The van der Waals surface area contributed by atoms with Gasteiger partial charge in [-0.25, -0.2) is 4.39 Å². The number of halogens is 2. The number of benzene rings is 1. The van der Waals surface area contributed by atoms with E-state index in [1.807, 2.05) is 0 Å². The lowest BCUT2D eigenvalue weighted by Crippen LogP contribution is -2.42. The highest BCUT2D eigenvalue weighted by molar-refractivity contribution is 6.31. The topological polar surface area (TPSA) is 52.6 Å². The minimum atomic E-state index is -0.672. The van der Waals surface area contributed by atoms with Gasteiger partial charge >= 0.3 is 0 Å². The molecule has 0 unspecified atom stereocenters. The van der Waals surface area contributed by atoms with Crippen molar-refractivity contribution in [2.45, 2.75) is 31.3 Å². The van der Waals surface area contributed by atoms with Crippen LogP contribution in [0.5, 0.6) is 0 Å². The SMILES string of the molecule is CN(CC(=O)Nc1ccc(F)c(Cl)c1)CC1(O)CCCC1. The fourth-order valence-electron chi connectivity index (χ4n) is 2.77. The van der Waals surface area contributed by atoms with Crippen molar-refractivity contribution in [3.63, 3.8) is 0 Å². The zero-order chi connectivity index (χ0) is 15.5. The molecule has 2 rings (SSSR count). The lowest BCUT2D eigenvalue weighted by molar-refractivity contribution is -0.117. The van der Waals surface area contributed by atoms with Crippen LogP contribution in [0.15, 0.2) is 18.2 Å². The average molecular weight is 315 g/mol. The van der Waals surface area contributed by atoms with Gasteiger partial charge in [0.1, 0.15) is 5.82 Å². The molecule has 6 heteroatoms. The first kappa shape index (κ1) is 16.2. The molecule has 0 aliphatic heterocycles. The van der Waals surface area contributed by atoms with Crippen molar-refractivity contribution in [2.75, 3.05) is 25.5 Å². The van der Waals surface area contributed by atoms with Crippen LogP contribution in [0.1, 0.15) is 25.7 Å². The van der Waals surface area contributed by atoms with E-state index in [4.69, 9.17) is 11.6 Å². The van der Waals surface area contributed by atoms with Gasteiger partial charge in [0.25, 0.3) is 0 Å². The fraction of sp³-hybridized carbons (Fsp3) is 0.533.